The largest absolute Gasteiger partial charge is 0.368 e. The molecule has 3 nitrogen and oxygen atoms in total. The van der Waals surface area contributed by atoms with E-state index in [-0.39, 0.29) is 11.4 Å². The lowest BCUT2D eigenvalue weighted by Gasteiger charge is -2.29. The average Bonchev–Trinajstić information content (AvgIpc) is 2.58. The molecule has 5 heteroatoms. The van der Waals surface area contributed by atoms with Gasteiger partial charge in [0, 0.05) is 4.88 Å². The Bertz CT molecular complexity index is 603. The first-order valence-electron chi connectivity index (χ1n) is 5.74. The first-order chi connectivity index (χ1) is 7.99. The van der Waals surface area contributed by atoms with Crippen molar-refractivity contribution in [1.82, 2.24) is 9.97 Å². The molecule has 1 aliphatic carbocycles. The van der Waals surface area contributed by atoms with Crippen molar-refractivity contribution < 1.29 is 0 Å². The van der Waals surface area contributed by atoms with Gasteiger partial charge in [0.1, 0.15) is 0 Å². The van der Waals surface area contributed by atoms with Gasteiger partial charge in [-0.3, -0.25) is 0 Å². The van der Waals surface area contributed by atoms with Crippen LogP contribution in [0.4, 0.5) is 5.95 Å². The summed E-state index contributed by atoms with van der Waals surface area (Å²) in [6.45, 7) is 4.57. The number of thiophene rings is 1. The molecular weight excluding hydrogens is 254 g/mol. The predicted octanol–water partition coefficient (Wildman–Crippen LogP) is 3.54. The Balaban J connectivity index is 2.38. The molecule has 0 bridgehead atoms. The molecule has 0 unspecified atom stereocenters. The van der Waals surface area contributed by atoms with E-state index >= 15 is 0 Å². The molecule has 0 radical (unpaired) electrons. The van der Waals surface area contributed by atoms with Crippen LogP contribution in [-0.2, 0) is 11.8 Å². The Morgan fingerprint density at radius 2 is 2.12 bits per heavy atom. The molecule has 90 valence electrons. The zero-order chi connectivity index (χ0) is 12.2. The highest BCUT2D eigenvalue weighted by Gasteiger charge is 2.32. The summed E-state index contributed by atoms with van der Waals surface area (Å²) in [5.41, 5.74) is 8.20. The number of nitrogens with zero attached hydrogens (tertiary/aromatic N) is 2. The second kappa shape index (κ2) is 3.56. The maximum Gasteiger partial charge on any atom is 0.222 e. The van der Waals surface area contributed by atoms with Gasteiger partial charge in [-0.2, -0.15) is 4.98 Å². The fraction of sp³-hybridized carbons (Fsp3) is 0.500. The Morgan fingerprint density at radius 3 is 2.88 bits per heavy atom. The van der Waals surface area contributed by atoms with Crippen molar-refractivity contribution in [2.24, 2.45) is 0 Å². The molecule has 0 aliphatic heterocycles. The molecule has 2 heterocycles. The van der Waals surface area contributed by atoms with Crippen LogP contribution < -0.4 is 5.73 Å². The summed E-state index contributed by atoms with van der Waals surface area (Å²) in [6, 6.07) is 0. The number of aryl methyl sites for hydroxylation is 1. The third-order valence-corrected chi connectivity index (χ3v) is 5.43. The van der Waals surface area contributed by atoms with Gasteiger partial charge < -0.3 is 5.73 Å². The number of hydrogen-bond acceptors (Lipinski definition) is 4. The molecule has 0 amide bonds. The lowest BCUT2D eigenvalue weighted by molar-refractivity contribution is 0.443. The predicted molar refractivity (Wildman–Crippen MR) is 72.8 cm³/mol. The molecule has 0 aromatic carbocycles. The molecule has 17 heavy (non-hydrogen) atoms. The molecule has 2 N–H and O–H groups in total. The lowest BCUT2D eigenvalue weighted by atomic mass is 9.78. The number of anilines is 1. The first-order valence-corrected chi connectivity index (χ1v) is 6.93. The topological polar surface area (TPSA) is 51.8 Å². The van der Waals surface area contributed by atoms with E-state index in [4.69, 9.17) is 17.3 Å². The normalized spacial score (nSPS) is 18.3. The summed E-state index contributed by atoms with van der Waals surface area (Å²) < 4.78 is 0.987. The zero-order valence-corrected chi connectivity index (χ0v) is 11.5. The number of nitrogens with two attached hydrogens (primary N) is 1. The van der Waals surface area contributed by atoms with Gasteiger partial charge in [0.2, 0.25) is 5.95 Å². The minimum Gasteiger partial charge on any atom is -0.368 e. The van der Waals surface area contributed by atoms with Crippen LogP contribution in [0.1, 0.15) is 37.1 Å². The van der Waals surface area contributed by atoms with Crippen molar-refractivity contribution in [2.75, 3.05) is 5.73 Å². The number of hydrogen-bond donors (Lipinski definition) is 1. The second-order valence-corrected chi connectivity index (χ2v) is 6.58. The number of halogens is 1. The zero-order valence-electron chi connectivity index (χ0n) is 9.88. The lowest BCUT2D eigenvalue weighted by Crippen LogP contribution is -2.21. The van der Waals surface area contributed by atoms with Crippen molar-refractivity contribution >= 4 is 39.1 Å². The van der Waals surface area contributed by atoms with Crippen molar-refractivity contribution in [3.05, 3.63) is 15.6 Å². The minimum absolute atomic E-state index is 0.219. The van der Waals surface area contributed by atoms with Crippen molar-refractivity contribution in [3.63, 3.8) is 0 Å². The maximum atomic E-state index is 6.15. The monoisotopic (exact) mass is 267 g/mol. The summed E-state index contributed by atoms with van der Waals surface area (Å²) in [4.78, 5) is 9.81. The van der Waals surface area contributed by atoms with Crippen LogP contribution >= 0.6 is 22.9 Å². The summed E-state index contributed by atoms with van der Waals surface area (Å²) in [7, 11) is 0. The molecule has 3 rings (SSSR count). The summed E-state index contributed by atoms with van der Waals surface area (Å²) >= 11 is 7.88. The molecule has 2 aromatic heterocycles. The number of nitrogen functional groups attached to an aromatic ring is 1. The molecule has 0 spiro atoms. The third kappa shape index (κ3) is 1.62. The highest BCUT2D eigenvalue weighted by molar-refractivity contribution is 7.20. The van der Waals surface area contributed by atoms with E-state index < -0.39 is 0 Å². The standard InChI is InChI=1S/C12H14ClN3S/c1-12(2)5-3-4-6-7-8(17-9(6)12)10(13)16-11(14)15-7/h3-5H2,1-2H3,(H2,14,15,16). The van der Waals surface area contributed by atoms with Crippen molar-refractivity contribution in [1.29, 1.82) is 0 Å². The van der Waals surface area contributed by atoms with Crippen molar-refractivity contribution in [3.8, 4) is 0 Å². The second-order valence-electron chi connectivity index (χ2n) is 5.20. The molecule has 0 fully saturated rings. The van der Waals surface area contributed by atoms with Crippen LogP contribution in [0.3, 0.4) is 0 Å². The quantitative estimate of drug-likeness (QED) is 0.743. The van der Waals surface area contributed by atoms with E-state index in [2.05, 4.69) is 23.8 Å². The molecule has 0 saturated heterocycles. The first kappa shape index (κ1) is 11.2. The van der Waals surface area contributed by atoms with E-state index in [0.29, 0.717) is 5.15 Å². The highest BCUT2D eigenvalue weighted by Crippen LogP contribution is 2.46. The van der Waals surface area contributed by atoms with Gasteiger partial charge >= 0.3 is 0 Å². The number of rotatable bonds is 0. The van der Waals surface area contributed by atoms with Crippen LogP contribution in [0.5, 0.6) is 0 Å². The van der Waals surface area contributed by atoms with E-state index in [1.54, 1.807) is 11.3 Å². The smallest absolute Gasteiger partial charge is 0.222 e. The van der Waals surface area contributed by atoms with Gasteiger partial charge in [-0.15, -0.1) is 11.3 Å². The SMILES string of the molecule is CC1(C)CCCc2c1sc1c(Cl)nc(N)nc21. The van der Waals surface area contributed by atoms with Crippen LogP contribution in [0.2, 0.25) is 5.15 Å². The number of aromatic nitrogens is 2. The van der Waals surface area contributed by atoms with Crippen molar-refractivity contribution in [2.45, 2.75) is 38.5 Å². The van der Waals surface area contributed by atoms with Gasteiger partial charge in [-0.05, 0) is 30.2 Å². The fourth-order valence-electron chi connectivity index (χ4n) is 2.60. The number of fused-ring (bicyclic) bond motifs is 3. The Morgan fingerprint density at radius 1 is 1.35 bits per heavy atom. The Labute approximate surface area is 109 Å². The molecular formula is C12H14ClN3S. The van der Waals surface area contributed by atoms with Crippen LogP contribution in [0.25, 0.3) is 10.2 Å². The molecule has 2 aromatic rings. The Kier molecular flexibility index (Phi) is 2.35. The summed E-state index contributed by atoms with van der Waals surface area (Å²) in [5, 5.41) is 0.489. The van der Waals surface area contributed by atoms with E-state index in [1.165, 1.54) is 23.3 Å². The fourth-order valence-corrected chi connectivity index (χ4v) is 4.20. The van der Waals surface area contributed by atoms with Gasteiger partial charge in [-0.25, -0.2) is 4.98 Å². The van der Waals surface area contributed by atoms with Crippen LogP contribution in [0, 0.1) is 0 Å². The van der Waals surface area contributed by atoms with Gasteiger partial charge in [0.05, 0.1) is 10.2 Å². The Hall–Kier alpha value is -0.870. The highest BCUT2D eigenvalue weighted by atomic mass is 35.5. The third-order valence-electron chi connectivity index (χ3n) is 3.45. The molecule has 0 atom stereocenters. The van der Waals surface area contributed by atoms with Crippen LogP contribution in [-0.4, -0.2) is 9.97 Å². The van der Waals surface area contributed by atoms with Crippen LogP contribution in [0.15, 0.2) is 0 Å². The van der Waals surface area contributed by atoms with E-state index in [9.17, 15) is 0 Å². The summed E-state index contributed by atoms with van der Waals surface area (Å²) in [5.74, 6) is 0.270. The van der Waals surface area contributed by atoms with Gasteiger partial charge in [0.15, 0.2) is 5.15 Å². The molecule has 0 saturated carbocycles. The average molecular weight is 268 g/mol. The summed E-state index contributed by atoms with van der Waals surface area (Å²) in [6.07, 6.45) is 3.49. The van der Waals surface area contributed by atoms with E-state index in [1.807, 2.05) is 0 Å². The minimum atomic E-state index is 0.219. The maximum absolute atomic E-state index is 6.15. The van der Waals surface area contributed by atoms with Gasteiger partial charge in [-0.1, -0.05) is 25.4 Å². The van der Waals surface area contributed by atoms with E-state index in [0.717, 1.165) is 16.6 Å². The van der Waals surface area contributed by atoms with Gasteiger partial charge in [0.25, 0.3) is 0 Å². The molecule has 1 aliphatic rings.